The molecule has 0 saturated heterocycles. The second-order valence-corrected chi connectivity index (χ2v) is 19.7. The highest BCUT2D eigenvalue weighted by Crippen LogP contribution is 2.46. The number of aliphatic hydroxyl groups excluding tert-OH is 2. The highest BCUT2D eigenvalue weighted by atomic mass is 35.5. The smallest absolute Gasteiger partial charge is 0.208 e. The largest absolute Gasteiger partial charge is 0.413 e. The zero-order chi connectivity index (χ0) is 31.6. The van der Waals surface area contributed by atoms with Gasteiger partial charge in [0.15, 0.2) is 0 Å². The summed E-state index contributed by atoms with van der Waals surface area (Å²) in [6.07, 6.45) is 2.66. The van der Waals surface area contributed by atoms with Crippen molar-refractivity contribution in [2.45, 2.75) is 89.3 Å². The van der Waals surface area contributed by atoms with Gasteiger partial charge in [0.05, 0.1) is 20.9 Å². The fourth-order valence-electron chi connectivity index (χ4n) is 6.72. The average Bonchev–Trinajstić information content (AvgIpc) is 3.54. The van der Waals surface area contributed by atoms with E-state index in [1.165, 1.54) is 36.8 Å². The molecule has 0 unspecified atom stereocenters. The molecule has 0 aliphatic heterocycles. The molecular formula is C31H40Cl2FN3O4SSi. The van der Waals surface area contributed by atoms with Gasteiger partial charge in [-0.1, -0.05) is 64.7 Å². The predicted octanol–water partition coefficient (Wildman–Crippen LogP) is 8.04. The van der Waals surface area contributed by atoms with E-state index >= 15 is 0 Å². The number of thiophene rings is 1. The number of carbonyl (C=O) groups excluding carboxylic acids is 1. The lowest BCUT2D eigenvalue weighted by atomic mass is 10.0. The number of nitrogens with one attached hydrogen (secondary N) is 1. The number of anilines is 1. The Bertz CT molecular complexity index is 1420. The highest BCUT2D eigenvalue weighted by Gasteiger charge is 2.49. The zero-order valence-electron chi connectivity index (χ0n) is 25.3. The number of carbonyl (C=O) groups is 1. The Balaban J connectivity index is 1.56. The number of hydrogen-bond donors (Lipinski definition) is 3. The molecule has 7 nitrogen and oxygen atoms in total. The average molecular weight is 669 g/mol. The maximum absolute atomic E-state index is 14.4. The van der Waals surface area contributed by atoms with Crippen LogP contribution in [-0.2, 0) is 4.43 Å². The maximum atomic E-state index is 14.4. The third-order valence-electron chi connectivity index (χ3n) is 8.71. The lowest BCUT2D eigenvalue weighted by Gasteiger charge is -2.45. The standard InChI is InChI=1S/C31H40Cl2FN3O4SSi/c1-16(2)43(17(3)4,18(5)6)41-26-11-21(9-19(26)14-38)37-31-24(13-35-15-36-31)29(40)27-12-23(30(33)42-27)28(39)22-10-20(32)7-8-25(22)34/h7-8,10,12-13,15-19,21,26,28,38-39H,9,11,14H2,1-6H3,(H,35,36,37)/t19-,21-,26+,28-/m1/s1. The monoisotopic (exact) mass is 667 g/mol. The summed E-state index contributed by atoms with van der Waals surface area (Å²) >= 11 is 13.4. The van der Waals surface area contributed by atoms with Crippen molar-refractivity contribution in [2.75, 3.05) is 11.9 Å². The van der Waals surface area contributed by atoms with Crippen LogP contribution in [0.3, 0.4) is 0 Å². The molecule has 0 amide bonds. The van der Waals surface area contributed by atoms with Gasteiger partial charge in [-0.3, -0.25) is 4.79 Å². The van der Waals surface area contributed by atoms with Crippen molar-refractivity contribution < 1.29 is 23.8 Å². The van der Waals surface area contributed by atoms with E-state index in [2.05, 4.69) is 56.8 Å². The molecule has 1 aromatic carbocycles. The van der Waals surface area contributed by atoms with Crippen LogP contribution in [0.1, 0.15) is 86.9 Å². The molecule has 2 heterocycles. The topological polar surface area (TPSA) is 105 Å². The Kier molecular flexibility index (Phi) is 11.1. The van der Waals surface area contributed by atoms with Gasteiger partial charge in [0, 0.05) is 40.9 Å². The van der Waals surface area contributed by atoms with Crippen LogP contribution < -0.4 is 5.32 Å². The molecule has 4 atom stereocenters. The first kappa shape index (κ1) is 34.0. The Labute approximate surface area is 268 Å². The van der Waals surface area contributed by atoms with Gasteiger partial charge in [0.1, 0.15) is 24.1 Å². The Hall–Kier alpha value is -1.92. The third-order valence-corrected chi connectivity index (χ3v) is 16.5. The van der Waals surface area contributed by atoms with E-state index in [9.17, 15) is 19.4 Å². The van der Waals surface area contributed by atoms with Crippen molar-refractivity contribution in [3.05, 3.63) is 73.5 Å². The summed E-state index contributed by atoms with van der Waals surface area (Å²) in [7, 11) is -2.17. The molecule has 0 bridgehead atoms. The van der Waals surface area contributed by atoms with Crippen LogP contribution in [-0.4, -0.2) is 53.0 Å². The minimum atomic E-state index is -2.17. The number of halogens is 3. The van der Waals surface area contributed by atoms with Gasteiger partial charge in [-0.2, -0.15) is 0 Å². The van der Waals surface area contributed by atoms with Gasteiger partial charge in [0.25, 0.3) is 0 Å². The first-order chi connectivity index (χ1) is 20.3. The second kappa shape index (κ2) is 14.0. The lowest BCUT2D eigenvalue weighted by molar-refractivity contribution is 0.0941. The highest BCUT2D eigenvalue weighted by molar-refractivity contribution is 7.18. The molecule has 234 valence electrons. The maximum Gasteiger partial charge on any atom is 0.208 e. The second-order valence-electron chi connectivity index (χ2n) is 12.3. The number of aliphatic hydroxyl groups is 2. The van der Waals surface area contributed by atoms with Crippen LogP contribution in [0.4, 0.5) is 10.2 Å². The van der Waals surface area contributed by atoms with Gasteiger partial charge >= 0.3 is 0 Å². The summed E-state index contributed by atoms with van der Waals surface area (Å²) in [6.45, 7) is 13.5. The molecule has 1 aliphatic rings. The third kappa shape index (κ3) is 7.00. The van der Waals surface area contributed by atoms with Crippen LogP contribution in [0.15, 0.2) is 36.8 Å². The zero-order valence-corrected chi connectivity index (χ0v) is 28.6. The van der Waals surface area contributed by atoms with Gasteiger partial charge < -0.3 is 20.0 Å². The minimum absolute atomic E-state index is 0.0171. The van der Waals surface area contributed by atoms with E-state index < -0.39 is 20.2 Å². The number of rotatable bonds is 12. The van der Waals surface area contributed by atoms with Crippen molar-refractivity contribution in [3.63, 3.8) is 0 Å². The predicted molar refractivity (Wildman–Crippen MR) is 173 cm³/mol. The molecule has 3 N–H and O–H groups in total. The van der Waals surface area contributed by atoms with Crippen LogP contribution in [0.2, 0.25) is 26.0 Å². The Morgan fingerprint density at radius 1 is 1.12 bits per heavy atom. The summed E-state index contributed by atoms with van der Waals surface area (Å²) in [6, 6.07) is 5.28. The molecule has 1 aliphatic carbocycles. The molecule has 2 aromatic heterocycles. The van der Waals surface area contributed by atoms with E-state index in [4.69, 9.17) is 27.6 Å². The van der Waals surface area contributed by atoms with Gasteiger partial charge in [-0.15, -0.1) is 11.3 Å². The number of aromatic nitrogens is 2. The summed E-state index contributed by atoms with van der Waals surface area (Å²) in [5.41, 5.74) is 1.67. The molecular weight excluding hydrogens is 628 g/mol. The fourth-order valence-corrected chi connectivity index (χ4v) is 13.8. The van der Waals surface area contributed by atoms with Crippen molar-refractivity contribution in [2.24, 2.45) is 5.92 Å². The molecule has 3 aromatic rings. The van der Waals surface area contributed by atoms with Gasteiger partial charge in [-0.25, -0.2) is 14.4 Å². The van der Waals surface area contributed by atoms with Crippen molar-refractivity contribution in [1.29, 1.82) is 0 Å². The Morgan fingerprint density at radius 3 is 2.42 bits per heavy atom. The van der Waals surface area contributed by atoms with E-state index in [-0.39, 0.29) is 61.4 Å². The number of benzene rings is 1. The first-order valence-electron chi connectivity index (χ1n) is 14.6. The molecule has 0 radical (unpaired) electrons. The molecule has 1 saturated carbocycles. The van der Waals surface area contributed by atoms with Crippen LogP contribution >= 0.6 is 34.5 Å². The molecule has 1 fully saturated rings. The summed E-state index contributed by atoms with van der Waals surface area (Å²) < 4.78 is 21.7. The summed E-state index contributed by atoms with van der Waals surface area (Å²) in [4.78, 5) is 22.4. The lowest BCUT2D eigenvalue weighted by Crippen LogP contribution is -2.51. The fraction of sp³-hybridized carbons (Fsp3) is 0.516. The van der Waals surface area contributed by atoms with Crippen LogP contribution in [0.5, 0.6) is 0 Å². The van der Waals surface area contributed by atoms with Crippen LogP contribution in [0, 0.1) is 11.7 Å². The Morgan fingerprint density at radius 2 is 1.79 bits per heavy atom. The molecule has 43 heavy (non-hydrogen) atoms. The minimum Gasteiger partial charge on any atom is -0.413 e. The quantitative estimate of drug-likeness (QED) is 0.133. The molecule has 0 spiro atoms. The number of hydrogen-bond acceptors (Lipinski definition) is 8. The van der Waals surface area contributed by atoms with E-state index in [0.29, 0.717) is 35.3 Å². The first-order valence-corrected chi connectivity index (χ1v) is 18.3. The van der Waals surface area contributed by atoms with E-state index in [0.717, 1.165) is 11.3 Å². The normalized spacial score (nSPS) is 19.9. The summed E-state index contributed by atoms with van der Waals surface area (Å²) in [5, 5.41) is 24.9. The SMILES string of the molecule is CC(C)[Si](O[C@H]1C[C@H](Nc2ncncc2C(=O)c2cc([C@H](O)c3cc(Cl)ccc3F)c(Cl)s2)C[C@@H]1CO)(C(C)C)C(C)C. The van der Waals surface area contributed by atoms with Crippen molar-refractivity contribution >= 4 is 54.5 Å². The van der Waals surface area contributed by atoms with Crippen molar-refractivity contribution in [3.8, 4) is 0 Å². The number of nitrogens with zero attached hydrogens (tertiary/aromatic N) is 2. The number of ketones is 1. The summed E-state index contributed by atoms with van der Waals surface area (Å²) in [5.74, 6) is -0.677. The molecule has 4 rings (SSSR count). The van der Waals surface area contributed by atoms with Gasteiger partial charge in [0.2, 0.25) is 14.1 Å². The van der Waals surface area contributed by atoms with E-state index in [1.807, 2.05) is 0 Å². The van der Waals surface area contributed by atoms with Crippen molar-refractivity contribution in [1.82, 2.24) is 9.97 Å². The van der Waals surface area contributed by atoms with E-state index in [1.54, 1.807) is 0 Å². The van der Waals surface area contributed by atoms with Gasteiger partial charge in [-0.05, 0) is 53.7 Å². The molecule has 12 heteroatoms. The van der Waals surface area contributed by atoms with Crippen LogP contribution in [0.25, 0.3) is 0 Å².